The van der Waals surface area contributed by atoms with Crippen LogP contribution in [0.1, 0.15) is 447 Å². The van der Waals surface area contributed by atoms with Crippen molar-refractivity contribution in [1.29, 1.82) is 0 Å². The predicted octanol–water partition coefficient (Wildman–Crippen LogP) is 25.9. The lowest BCUT2D eigenvalue weighted by atomic mass is 9.99. The van der Waals surface area contributed by atoms with E-state index in [1.807, 2.05) is 0 Å². The number of esters is 4. The number of aliphatic hydroxyl groups is 1. The SMILES string of the molecule is CCC(C)CCCCCCCCCCCCC(=O)O[C@H](COC(=O)CCCCCCCCCCCCCCCCCCCCC(C)C)COP(=O)(O)OCC(O)COP(=O)(O)OC[C@@H](COC(=O)CCCCCCCCC(C)C)OC(=O)CCCCCCCCCCCCCCCCCCCCC(C)C. The highest BCUT2D eigenvalue weighted by molar-refractivity contribution is 7.47. The molecule has 0 aliphatic carbocycles. The highest BCUT2D eigenvalue weighted by Crippen LogP contribution is 2.45. The summed E-state index contributed by atoms with van der Waals surface area (Å²) in [6.45, 7) is 14.3. The second-order valence-corrected chi connectivity index (χ2v) is 35.5. The van der Waals surface area contributed by atoms with Gasteiger partial charge in [0.25, 0.3) is 0 Å². The fourth-order valence-electron chi connectivity index (χ4n) is 13.3. The molecule has 0 saturated carbocycles. The van der Waals surface area contributed by atoms with Gasteiger partial charge in [0, 0.05) is 25.7 Å². The van der Waals surface area contributed by atoms with Gasteiger partial charge in [0.05, 0.1) is 26.4 Å². The fraction of sp³-hybridized carbons (Fsp3) is 0.953. The average molecular weight is 1540 g/mol. The summed E-state index contributed by atoms with van der Waals surface area (Å²) in [7, 11) is -9.93. The summed E-state index contributed by atoms with van der Waals surface area (Å²) in [4.78, 5) is 73.1. The Morgan fingerprint density at radius 2 is 0.457 bits per heavy atom. The highest BCUT2D eigenvalue weighted by Gasteiger charge is 2.31. The third kappa shape index (κ3) is 78.5. The number of rotatable bonds is 83. The Morgan fingerprint density at radius 3 is 0.676 bits per heavy atom. The Bertz CT molecular complexity index is 2040. The molecule has 0 aromatic heterocycles. The number of unbranched alkanes of at least 4 members (excludes halogenated alkanes) is 48. The Morgan fingerprint density at radius 1 is 0.267 bits per heavy atom. The van der Waals surface area contributed by atoms with Crippen molar-refractivity contribution < 1.29 is 80.2 Å². The van der Waals surface area contributed by atoms with Gasteiger partial charge in [0.1, 0.15) is 19.3 Å². The molecule has 0 rings (SSSR count). The van der Waals surface area contributed by atoms with E-state index in [-0.39, 0.29) is 25.7 Å². The van der Waals surface area contributed by atoms with Crippen molar-refractivity contribution in [1.82, 2.24) is 0 Å². The van der Waals surface area contributed by atoms with Gasteiger partial charge in [0.15, 0.2) is 12.2 Å². The largest absolute Gasteiger partial charge is 0.472 e. The molecule has 19 heteroatoms. The lowest BCUT2D eigenvalue weighted by molar-refractivity contribution is -0.161. The molecular weight excluding hydrogens is 1370 g/mol. The number of carbonyl (C=O) groups is 4. The number of aliphatic hydroxyl groups excluding tert-OH is 1. The third-order valence-electron chi connectivity index (χ3n) is 20.4. The molecule has 105 heavy (non-hydrogen) atoms. The predicted molar refractivity (Wildman–Crippen MR) is 432 cm³/mol. The van der Waals surface area contributed by atoms with Crippen LogP contribution in [-0.4, -0.2) is 96.7 Å². The van der Waals surface area contributed by atoms with Gasteiger partial charge < -0.3 is 33.8 Å². The minimum atomic E-state index is -4.96. The summed E-state index contributed by atoms with van der Waals surface area (Å²) in [6, 6.07) is 0. The van der Waals surface area contributed by atoms with Crippen LogP contribution in [0.2, 0.25) is 0 Å². The maximum absolute atomic E-state index is 13.1. The molecule has 0 amide bonds. The summed E-state index contributed by atoms with van der Waals surface area (Å²) < 4.78 is 68.8. The van der Waals surface area contributed by atoms with Gasteiger partial charge in [-0.2, -0.15) is 0 Å². The van der Waals surface area contributed by atoms with E-state index < -0.39 is 97.5 Å². The summed E-state index contributed by atoms with van der Waals surface area (Å²) in [6.07, 6.45) is 64.1. The van der Waals surface area contributed by atoms with Crippen LogP contribution in [0.3, 0.4) is 0 Å². The first kappa shape index (κ1) is 103. The van der Waals surface area contributed by atoms with Crippen molar-refractivity contribution in [2.75, 3.05) is 39.6 Å². The maximum atomic E-state index is 13.1. The molecular formula is C86H168O17P2. The van der Waals surface area contributed by atoms with E-state index in [9.17, 15) is 43.2 Å². The van der Waals surface area contributed by atoms with E-state index >= 15 is 0 Å². The van der Waals surface area contributed by atoms with E-state index in [1.54, 1.807) is 0 Å². The molecule has 3 N–H and O–H groups in total. The maximum Gasteiger partial charge on any atom is 0.472 e. The minimum Gasteiger partial charge on any atom is -0.462 e. The summed E-state index contributed by atoms with van der Waals surface area (Å²) in [5.74, 6) is 1.01. The Labute approximate surface area is 645 Å². The Hall–Kier alpha value is -1.94. The molecule has 0 saturated heterocycles. The van der Waals surface area contributed by atoms with Crippen LogP contribution in [0.25, 0.3) is 0 Å². The highest BCUT2D eigenvalue weighted by atomic mass is 31.2. The van der Waals surface area contributed by atoms with Gasteiger partial charge in [-0.3, -0.25) is 37.3 Å². The van der Waals surface area contributed by atoms with Crippen molar-refractivity contribution in [3.8, 4) is 0 Å². The van der Waals surface area contributed by atoms with E-state index in [0.717, 1.165) is 114 Å². The Kier molecular flexibility index (Phi) is 73.4. The van der Waals surface area contributed by atoms with Crippen molar-refractivity contribution in [2.45, 2.75) is 465 Å². The third-order valence-corrected chi connectivity index (χ3v) is 22.3. The molecule has 0 fully saturated rings. The molecule has 0 radical (unpaired) electrons. The zero-order chi connectivity index (χ0) is 77.4. The number of hydrogen-bond acceptors (Lipinski definition) is 15. The molecule has 0 aromatic rings. The molecule has 4 unspecified atom stereocenters. The molecule has 17 nitrogen and oxygen atoms in total. The van der Waals surface area contributed by atoms with Crippen LogP contribution < -0.4 is 0 Å². The van der Waals surface area contributed by atoms with Gasteiger partial charge in [-0.15, -0.1) is 0 Å². The average Bonchev–Trinajstić information content (AvgIpc) is 0.910. The zero-order valence-electron chi connectivity index (χ0n) is 69.4. The van der Waals surface area contributed by atoms with Crippen LogP contribution in [0, 0.1) is 23.7 Å². The molecule has 0 aromatic carbocycles. The van der Waals surface area contributed by atoms with Crippen molar-refractivity contribution in [3.63, 3.8) is 0 Å². The van der Waals surface area contributed by atoms with E-state index in [0.29, 0.717) is 31.6 Å². The summed E-state index contributed by atoms with van der Waals surface area (Å²) >= 11 is 0. The standard InChI is InChI=1S/C86H168O17P2/c1-9-79(8)65-57-49-40-34-30-31-37-43-53-61-69-86(91)102-81(72-96-83(88)66-58-50-41-35-28-24-20-16-12-10-14-18-22-26-32-38-46-54-62-76(2)3)74-100-104(92,93)98-70-80(87)71-99-105(94,95)101-75-82(73-97-84(89)67-59-51-45-44-48-56-64-78(6)7)103-85(90)68-60-52-42-36-29-25-21-17-13-11-15-19-23-27-33-39-47-55-63-77(4)5/h76-82,87H,9-75H2,1-8H3,(H,92,93)(H,94,95)/t79?,80?,81-,82-/m1/s1. The van der Waals surface area contributed by atoms with Crippen LogP contribution in [-0.2, 0) is 65.4 Å². The second-order valence-electron chi connectivity index (χ2n) is 32.6. The van der Waals surface area contributed by atoms with Gasteiger partial charge in [-0.05, 0) is 49.4 Å². The monoisotopic (exact) mass is 1540 g/mol. The minimum absolute atomic E-state index is 0.106. The molecule has 0 heterocycles. The van der Waals surface area contributed by atoms with Crippen LogP contribution in [0.4, 0.5) is 0 Å². The zero-order valence-corrected chi connectivity index (χ0v) is 71.2. The Balaban J connectivity index is 5.16. The normalized spacial score (nSPS) is 14.2. The number of hydrogen-bond donors (Lipinski definition) is 3. The first-order valence-electron chi connectivity index (χ1n) is 44.2. The molecule has 0 aliphatic heterocycles. The van der Waals surface area contributed by atoms with E-state index in [4.69, 9.17) is 37.0 Å². The van der Waals surface area contributed by atoms with Crippen molar-refractivity contribution in [3.05, 3.63) is 0 Å². The second kappa shape index (κ2) is 74.8. The fourth-order valence-corrected chi connectivity index (χ4v) is 14.9. The van der Waals surface area contributed by atoms with Crippen LogP contribution >= 0.6 is 15.6 Å². The van der Waals surface area contributed by atoms with Gasteiger partial charge in [-0.1, -0.05) is 396 Å². The number of phosphoric acid groups is 2. The topological polar surface area (TPSA) is 237 Å². The smallest absolute Gasteiger partial charge is 0.462 e. The van der Waals surface area contributed by atoms with E-state index in [2.05, 4.69) is 55.4 Å². The molecule has 624 valence electrons. The lowest BCUT2D eigenvalue weighted by Gasteiger charge is -2.21. The quantitative estimate of drug-likeness (QED) is 0.0222. The summed E-state index contributed by atoms with van der Waals surface area (Å²) in [5.41, 5.74) is 0. The van der Waals surface area contributed by atoms with Crippen molar-refractivity contribution in [2.24, 2.45) is 23.7 Å². The molecule has 6 atom stereocenters. The first-order valence-corrected chi connectivity index (χ1v) is 47.2. The number of carbonyl (C=O) groups excluding carboxylic acids is 4. The first-order chi connectivity index (χ1) is 50.6. The van der Waals surface area contributed by atoms with Crippen LogP contribution in [0.5, 0.6) is 0 Å². The molecule has 0 aliphatic rings. The lowest BCUT2D eigenvalue weighted by Crippen LogP contribution is -2.30. The molecule has 0 spiro atoms. The van der Waals surface area contributed by atoms with Gasteiger partial charge >= 0.3 is 39.5 Å². The van der Waals surface area contributed by atoms with Gasteiger partial charge in [0.2, 0.25) is 0 Å². The number of ether oxygens (including phenoxy) is 4. The molecule has 0 bridgehead atoms. The van der Waals surface area contributed by atoms with E-state index in [1.165, 1.54) is 244 Å². The number of phosphoric ester groups is 2. The van der Waals surface area contributed by atoms with Crippen LogP contribution in [0.15, 0.2) is 0 Å². The summed E-state index contributed by atoms with van der Waals surface area (Å²) in [5, 5.41) is 10.7. The van der Waals surface area contributed by atoms with Crippen molar-refractivity contribution >= 4 is 39.5 Å². The van der Waals surface area contributed by atoms with Gasteiger partial charge in [-0.25, -0.2) is 9.13 Å².